The summed E-state index contributed by atoms with van der Waals surface area (Å²) in [5, 5.41) is 33.1. The van der Waals surface area contributed by atoms with Crippen molar-refractivity contribution in [2.24, 2.45) is 0 Å². The maximum atomic E-state index is 10.6. The van der Waals surface area contributed by atoms with Crippen LogP contribution in [0.4, 0.5) is 4.39 Å². The number of benzene rings is 2. The number of aromatic nitrogens is 2. The summed E-state index contributed by atoms with van der Waals surface area (Å²) in [6, 6.07) is 15.2. The Bertz CT molecular complexity index is 1510. The molecule has 13 heteroatoms. The molecule has 8 nitrogen and oxygen atoms in total. The van der Waals surface area contributed by atoms with Crippen LogP contribution in [-0.2, 0) is 28.9 Å². The molecule has 0 saturated heterocycles. The molecule has 0 aliphatic carbocycles. The molecule has 0 spiro atoms. The van der Waals surface area contributed by atoms with Crippen molar-refractivity contribution in [3.63, 3.8) is 0 Å². The summed E-state index contributed by atoms with van der Waals surface area (Å²) in [7, 11) is -1.00. The van der Waals surface area contributed by atoms with E-state index >= 15 is 0 Å². The van der Waals surface area contributed by atoms with E-state index in [1.807, 2.05) is 79.9 Å². The Labute approximate surface area is 347 Å². The van der Waals surface area contributed by atoms with E-state index < -0.39 is 24.7 Å². The Hall–Kier alpha value is -1.94. The van der Waals surface area contributed by atoms with Crippen LogP contribution in [-0.4, -0.2) is 51.2 Å². The van der Waals surface area contributed by atoms with Crippen LogP contribution >= 0.6 is 22.7 Å². The van der Waals surface area contributed by atoms with Crippen molar-refractivity contribution in [1.29, 1.82) is 0 Å². The number of thiazole rings is 2. The predicted molar refractivity (Wildman–Crippen MR) is 186 cm³/mol. The van der Waals surface area contributed by atoms with Crippen LogP contribution in [0.5, 0.6) is 0 Å². The fourth-order valence-corrected chi connectivity index (χ4v) is 4.33. The number of hydrogen-bond donors (Lipinski definition) is 2. The fraction of sp³-hybridized carbons (Fsp3) is 0.343. The predicted octanol–water partition coefficient (Wildman–Crippen LogP) is 1.76. The third-order valence-electron chi connectivity index (χ3n) is 4.90. The Balaban J connectivity index is -0.000000285. The van der Waals surface area contributed by atoms with Gasteiger partial charge in [-0.2, -0.15) is 0 Å². The van der Waals surface area contributed by atoms with E-state index in [1.54, 1.807) is 37.5 Å². The van der Waals surface area contributed by atoms with Gasteiger partial charge in [-0.15, -0.1) is 28.3 Å². The van der Waals surface area contributed by atoms with Gasteiger partial charge in [0.15, 0.2) is 6.29 Å². The third-order valence-corrected chi connectivity index (χ3v) is 6.49. The van der Waals surface area contributed by atoms with Crippen molar-refractivity contribution >= 4 is 53.1 Å². The standard InChI is InChI=1S/C14H13NO2S.C10H12O2.C5H5NOS.C4H9O.CH3F.CH4.BrH.K/c1-10-15-13(9-18-10)6-5-11-3-2-4-12(7-11)8-14(16)17;1-2-8-4-3-5-9(6-8)7-10(11)12;1-4-6-5(2-7)3-8-4;1-4(2,3)5;1-2;;;/h2-7,9H,8H2,1H3,(H,16,17);3-6H,2,7H2,1H3,(H,11,12);2-3H,1H3;1-3H3;1H3;1H4;1H;/q;;;-1;;;;+1/p-1/i;;;;1D;;;. The molecule has 48 heavy (non-hydrogen) atoms. The first kappa shape index (κ1) is 50.4. The van der Waals surface area contributed by atoms with E-state index in [4.69, 9.17) is 11.6 Å². The van der Waals surface area contributed by atoms with Crippen molar-refractivity contribution in [2.45, 2.75) is 73.8 Å². The van der Waals surface area contributed by atoms with E-state index in [2.05, 4.69) is 16.9 Å². The number of carboxylic acid groups (broad SMARTS) is 2. The Morgan fingerprint density at radius 1 is 0.896 bits per heavy atom. The molecule has 0 amide bonds. The fourth-order valence-electron chi connectivity index (χ4n) is 3.19. The van der Waals surface area contributed by atoms with Crippen LogP contribution < -0.4 is 73.5 Å². The molecule has 0 saturated carbocycles. The number of aryl methyl sites for hydroxylation is 3. The van der Waals surface area contributed by atoms with Crippen molar-refractivity contribution in [1.82, 2.24) is 9.97 Å². The summed E-state index contributed by atoms with van der Waals surface area (Å²) in [5.74, 6) is -1.59. The first-order valence-electron chi connectivity index (χ1n) is 14.4. The monoisotopic (exact) mass is 792 g/mol. The van der Waals surface area contributed by atoms with Gasteiger partial charge < -0.3 is 32.3 Å². The van der Waals surface area contributed by atoms with E-state index in [0.717, 1.165) is 45.1 Å². The molecule has 4 rings (SSSR count). The minimum absolute atomic E-state index is 0. The van der Waals surface area contributed by atoms with Gasteiger partial charge in [0.1, 0.15) is 5.69 Å². The van der Waals surface area contributed by atoms with Crippen molar-refractivity contribution in [3.05, 3.63) is 103 Å². The van der Waals surface area contributed by atoms with E-state index in [9.17, 15) is 23.9 Å². The van der Waals surface area contributed by atoms with Crippen LogP contribution in [0.3, 0.4) is 0 Å². The zero-order chi connectivity index (χ0) is 35.1. The molecule has 0 aliphatic heterocycles. The number of rotatable bonds is 8. The van der Waals surface area contributed by atoms with E-state index in [-0.39, 0.29) is 88.6 Å². The van der Waals surface area contributed by atoms with Gasteiger partial charge in [-0.1, -0.05) is 89.7 Å². The molecule has 0 radical (unpaired) electrons. The maximum absolute atomic E-state index is 10.6. The van der Waals surface area contributed by atoms with Crippen molar-refractivity contribution < 1.29 is 104 Å². The Kier molecular flexibility index (Phi) is 31.4. The number of nitrogens with zero attached hydrogens (tertiary/aromatic N) is 2. The van der Waals surface area contributed by atoms with Crippen molar-refractivity contribution in [3.8, 4) is 0 Å². The number of carboxylic acids is 2. The minimum atomic E-state index is -1.00. The maximum Gasteiger partial charge on any atom is 1.00 e. The van der Waals surface area contributed by atoms with Gasteiger partial charge in [0.05, 0.1) is 37.1 Å². The van der Waals surface area contributed by atoms with Gasteiger partial charge in [-0.05, 0) is 48.6 Å². The average Bonchev–Trinajstić information content (AvgIpc) is 3.59. The molecule has 2 N–H and O–H groups in total. The molecule has 0 atom stereocenters. The second kappa shape index (κ2) is 29.9. The molecular formula is C35H46BrFKN2O6S2-. The summed E-state index contributed by atoms with van der Waals surface area (Å²) in [4.78, 5) is 39.2. The van der Waals surface area contributed by atoms with Crippen LogP contribution in [0.15, 0.2) is 59.3 Å². The molecule has 4 aromatic rings. The van der Waals surface area contributed by atoms with E-state index in [1.165, 1.54) is 16.9 Å². The van der Waals surface area contributed by atoms with E-state index in [0.29, 0.717) is 5.69 Å². The largest absolute Gasteiger partial charge is 1.00 e. The van der Waals surface area contributed by atoms with Crippen LogP contribution in [0.25, 0.3) is 12.2 Å². The van der Waals surface area contributed by atoms with Crippen LogP contribution in [0, 0.1) is 13.8 Å². The molecule has 0 aliphatic rings. The first-order chi connectivity index (χ1) is 21.6. The van der Waals surface area contributed by atoms with Crippen molar-refractivity contribution in [2.75, 3.05) is 7.15 Å². The normalized spacial score (nSPS) is 9.71. The number of carbonyl (C=O) groups is 3. The summed E-state index contributed by atoms with van der Waals surface area (Å²) >= 11 is 3.10. The Morgan fingerprint density at radius 3 is 1.69 bits per heavy atom. The zero-order valence-electron chi connectivity index (χ0n) is 28.8. The third kappa shape index (κ3) is 29.0. The molecule has 2 aromatic carbocycles. The van der Waals surface area contributed by atoms with Gasteiger partial charge in [-0.3, -0.25) is 18.8 Å². The van der Waals surface area contributed by atoms with Gasteiger partial charge >= 0.3 is 63.3 Å². The SMILES string of the molecule is C.CC(C)(C)[O-].CCc1cccc(CC(=O)O)c1.Cc1nc(C=Cc2cccc(CC(=O)O)c2)cs1.Cc1nc(C=O)cs1.[2H]CF.[Br-].[K+]. The molecule has 260 valence electrons. The van der Waals surface area contributed by atoms with Gasteiger partial charge in [-0.25, -0.2) is 9.97 Å². The summed E-state index contributed by atoms with van der Waals surface area (Å²) in [6.07, 6.45) is 5.76. The molecule has 0 bridgehead atoms. The number of carbonyl (C=O) groups excluding carboxylic acids is 1. The number of alkyl halides is 1. The molecule has 2 aromatic heterocycles. The van der Waals surface area contributed by atoms with Gasteiger partial charge in [0.2, 0.25) is 0 Å². The number of aldehydes is 1. The minimum Gasteiger partial charge on any atom is -1.00 e. The molecule has 0 unspecified atom stereocenters. The zero-order valence-corrected chi connectivity index (χ0v) is 34.2. The quantitative estimate of drug-likeness (QED) is 0.204. The van der Waals surface area contributed by atoms with Gasteiger partial charge in [0.25, 0.3) is 0 Å². The molecular weight excluding hydrogens is 747 g/mol. The Morgan fingerprint density at radius 2 is 1.31 bits per heavy atom. The average molecular weight is 794 g/mol. The smallest absolute Gasteiger partial charge is 1.00 e. The molecule has 0 fully saturated rings. The second-order valence-corrected chi connectivity index (χ2v) is 12.3. The number of hydrogen-bond acceptors (Lipinski definition) is 8. The summed E-state index contributed by atoms with van der Waals surface area (Å²) in [6.45, 7) is 10.8. The summed E-state index contributed by atoms with van der Waals surface area (Å²) in [5.41, 5.74) is 4.57. The molecule has 2 heterocycles. The topological polar surface area (TPSA) is 141 Å². The van der Waals surface area contributed by atoms with Crippen LogP contribution in [0.2, 0.25) is 0 Å². The number of halogens is 2. The second-order valence-electron chi connectivity index (χ2n) is 10.2. The summed E-state index contributed by atoms with van der Waals surface area (Å²) < 4.78 is 15.5. The number of aliphatic carboxylic acids is 2. The first-order valence-corrected chi connectivity index (χ1v) is 15.5. The van der Waals surface area contributed by atoms with Crippen LogP contribution in [0.1, 0.15) is 84.9 Å². The van der Waals surface area contributed by atoms with Gasteiger partial charge in [0, 0.05) is 10.8 Å².